The summed E-state index contributed by atoms with van der Waals surface area (Å²) < 4.78 is 5.75. The number of carbonyl (C=O) groups excluding carboxylic acids is 2. The molecular weight excluding hydrogens is 376 g/mol. The molecule has 2 amide bonds. The molecule has 5 nitrogen and oxygen atoms in total. The van der Waals surface area contributed by atoms with E-state index in [0.717, 1.165) is 18.4 Å². The molecule has 0 aliphatic heterocycles. The van der Waals surface area contributed by atoms with E-state index in [1.807, 2.05) is 37.3 Å². The Balaban J connectivity index is 1.55. The number of nitrogens with one attached hydrogen (secondary N) is 2. The van der Waals surface area contributed by atoms with Crippen LogP contribution in [0.1, 0.15) is 42.1 Å². The molecule has 3 aromatic carbocycles. The number of benzene rings is 3. The lowest BCUT2D eigenvalue weighted by molar-refractivity contribution is -0.116. The van der Waals surface area contributed by atoms with Crippen LogP contribution in [-0.2, 0) is 11.4 Å². The molecule has 0 spiro atoms. The standard InChI is InChI=1S/C25H26N2O3/c1-2-3-12-24(28)26-21-10-7-11-22(17-21)27-25(29)20-13-15-23(16-14-20)30-18-19-8-5-4-6-9-19/h4-11,13-17H,2-3,12,18H2,1H3,(H,26,28)(H,27,29). The van der Waals surface area contributed by atoms with Gasteiger partial charge in [-0.1, -0.05) is 49.7 Å². The van der Waals surface area contributed by atoms with E-state index in [-0.39, 0.29) is 11.8 Å². The first-order valence-corrected chi connectivity index (χ1v) is 10.1. The second-order valence-electron chi connectivity index (χ2n) is 6.99. The molecular formula is C25H26N2O3. The number of ether oxygens (including phenoxy) is 1. The summed E-state index contributed by atoms with van der Waals surface area (Å²) in [5, 5.41) is 5.72. The van der Waals surface area contributed by atoms with Crippen molar-refractivity contribution in [2.45, 2.75) is 32.8 Å². The van der Waals surface area contributed by atoms with Gasteiger partial charge in [0.15, 0.2) is 0 Å². The first kappa shape index (κ1) is 21.1. The average molecular weight is 402 g/mol. The first-order valence-electron chi connectivity index (χ1n) is 10.1. The van der Waals surface area contributed by atoms with Crippen molar-refractivity contribution in [2.75, 3.05) is 10.6 Å². The van der Waals surface area contributed by atoms with E-state index in [0.29, 0.717) is 35.7 Å². The van der Waals surface area contributed by atoms with Crippen LogP contribution in [0.5, 0.6) is 5.75 Å². The molecule has 154 valence electrons. The summed E-state index contributed by atoms with van der Waals surface area (Å²) in [5.74, 6) is 0.456. The molecule has 5 heteroatoms. The predicted molar refractivity (Wildman–Crippen MR) is 120 cm³/mol. The molecule has 0 unspecified atom stereocenters. The van der Waals surface area contributed by atoms with Gasteiger partial charge in [-0.25, -0.2) is 0 Å². The van der Waals surface area contributed by atoms with Crippen molar-refractivity contribution in [3.05, 3.63) is 90.0 Å². The maximum Gasteiger partial charge on any atom is 0.255 e. The summed E-state index contributed by atoms with van der Waals surface area (Å²) >= 11 is 0. The molecule has 0 aliphatic carbocycles. The normalized spacial score (nSPS) is 10.3. The highest BCUT2D eigenvalue weighted by atomic mass is 16.5. The molecule has 0 aromatic heterocycles. The summed E-state index contributed by atoms with van der Waals surface area (Å²) in [4.78, 5) is 24.4. The van der Waals surface area contributed by atoms with Crippen molar-refractivity contribution in [3.63, 3.8) is 0 Å². The molecule has 0 saturated heterocycles. The summed E-state index contributed by atoms with van der Waals surface area (Å²) in [6.45, 7) is 2.52. The number of amides is 2. The van der Waals surface area contributed by atoms with E-state index < -0.39 is 0 Å². The minimum atomic E-state index is -0.223. The first-order chi connectivity index (χ1) is 14.6. The Bertz CT molecular complexity index is 969. The Morgan fingerprint density at radius 1 is 0.833 bits per heavy atom. The molecule has 0 atom stereocenters. The summed E-state index contributed by atoms with van der Waals surface area (Å²) in [5.41, 5.74) is 2.90. The Kier molecular flexibility index (Phi) is 7.61. The highest BCUT2D eigenvalue weighted by molar-refractivity contribution is 6.04. The Morgan fingerprint density at radius 3 is 2.23 bits per heavy atom. The monoisotopic (exact) mass is 402 g/mol. The molecule has 3 aromatic rings. The van der Waals surface area contributed by atoms with Gasteiger partial charge in [-0.15, -0.1) is 0 Å². The van der Waals surface area contributed by atoms with Gasteiger partial charge in [-0.3, -0.25) is 9.59 Å². The van der Waals surface area contributed by atoms with Crippen molar-refractivity contribution in [1.82, 2.24) is 0 Å². The van der Waals surface area contributed by atoms with E-state index in [2.05, 4.69) is 10.6 Å². The third kappa shape index (κ3) is 6.48. The van der Waals surface area contributed by atoms with Crippen LogP contribution in [0.3, 0.4) is 0 Å². The summed E-state index contributed by atoms with van der Waals surface area (Å²) in [7, 11) is 0. The topological polar surface area (TPSA) is 67.4 Å². The molecule has 2 N–H and O–H groups in total. The fourth-order valence-corrected chi connectivity index (χ4v) is 2.88. The highest BCUT2D eigenvalue weighted by Gasteiger charge is 2.08. The zero-order chi connectivity index (χ0) is 21.2. The van der Waals surface area contributed by atoms with E-state index in [9.17, 15) is 9.59 Å². The Labute approximate surface area is 177 Å². The SMILES string of the molecule is CCCCC(=O)Nc1cccc(NC(=O)c2ccc(OCc3ccccc3)cc2)c1. The van der Waals surface area contributed by atoms with Crippen LogP contribution < -0.4 is 15.4 Å². The minimum Gasteiger partial charge on any atom is -0.489 e. The number of hydrogen-bond acceptors (Lipinski definition) is 3. The number of unbranched alkanes of at least 4 members (excludes halogenated alkanes) is 1. The van der Waals surface area contributed by atoms with Gasteiger partial charge in [0.25, 0.3) is 5.91 Å². The van der Waals surface area contributed by atoms with Gasteiger partial charge in [0, 0.05) is 23.4 Å². The van der Waals surface area contributed by atoms with Crippen molar-refractivity contribution in [3.8, 4) is 5.75 Å². The van der Waals surface area contributed by atoms with Crippen LogP contribution in [0.15, 0.2) is 78.9 Å². The highest BCUT2D eigenvalue weighted by Crippen LogP contribution is 2.18. The smallest absolute Gasteiger partial charge is 0.255 e. The van der Waals surface area contributed by atoms with Crippen LogP contribution >= 0.6 is 0 Å². The molecule has 0 heterocycles. The van der Waals surface area contributed by atoms with Gasteiger partial charge in [-0.2, -0.15) is 0 Å². The van der Waals surface area contributed by atoms with Gasteiger partial charge < -0.3 is 15.4 Å². The van der Waals surface area contributed by atoms with Crippen LogP contribution in [0.2, 0.25) is 0 Å². The Hall–Kier alpha value is -3.60. The number of hydrogen-bond donors (Lipinski definition) is 2. The third-order valence-corrected chi connectivity index (χ3v) is 4.53. The van der Waals surface area contributed by atoms with Crippen LogP contribution in [0, 0.1) is 0 Å². The largest absolute Gasteiger partial charge is 0.489 e. The van der Waals surface area contributed by atoms with Crippen LogP contribution in [0.4, 0.5) is 11.4 Å². The van der Waals surface area contributed by atoms with Gasteiger partial charge in [-0.05, 0) is 54.4 Å². The molecule has 0 radical (unpaired) electrons. The zero-order valence-electron chi connectivity index (χ0n) is 17.1. The Morgan fingerprint density at radius 2 is 1.53 bits per heavy atom. The predicted octanol–water partition coefficient (Wildman–Crippen LogP) is 5.65. The zero-order valence-corrected chi connectivity index (χ0v) is 17.1. The van der Waals surface area contributed by atoms with Gasteiger partial charge in [0.2, 0.25) is 5.91 Å². The molecule has 30 heavy (non-hydrogen) atoms. The fourth-order valence-electron chi connectivity index (χ4n) is 2.88. The quantitative estimate of drug-likeness (QED) is 0.486. The number of rotatable bonds is 9. The maximum absolute atomic E-state index is 12.5. The average Bonchev–Trinajstić information content (AvgIpc) is 2.77. The molecule has 0 aliphatic rings. The second kappa shape index (κ2) is 10.8. The minimum absolute atomic E-state index is 0.0218. The third-order valence-electron chi connectivity index (χ3n) is 4.53. The van der Waals surface area contributed by atoms with Crippen LogP contribution in [-0.4, -0.2) is 11.8 Å². The van der Waals surface area contributed by atoms with Crippen molar-refractivity contribution in [2.24, 2.45) is 0 Å². The lowest BCUT2D eigenvalue weighted by Crippen LogP contribution is -2.13. The second-order valence-corrected chi connectivity index (χ2v) is 6.99. The molecule has 0 saturated carbocycles. The van der Waals surface area contributed by atoms with Gasteiger partial charge in [0.1, 0.15) is 12.4 Å². The van der Waals surface area contributed by atoms with E-state index in [1.165, 1.54) is 0 Å². The molecule has 3 rings (SSSR count). The summed E-state index contributed by atoms with van der Waals surface area (Å²) in [6.07, 6.45) is 2.32. The van der Waals surface area contributed by atoms with Crippen molar-refractivity contribution < 1.29 is 14.3 Å². The molecule has 0 fully saturated rings. The fraction of sp³-hybridized carbons (Fsp3) is 0.200. The van der Waals surface area contributed by atoms with E-state index in [4.69, 9.17) is 4.74 Å². The lowest BCUT2D eigenvalue weighted by Gasteiger charge is -2.10. The molecule has 0 bridgehead atoms. The van der Waals surface area contributed by atoms with E-state index in [1.54, 1.807) is 48.5 Å². The summed E-state index contributed by atoms with van der Waals surface area (Å²) in [6, 6.07) is 24.1. The maximum atomic E-state index is 12.5. The number of anilines is 2. The van der Waals surface area contributed by atoms with Gasteiger partial charge in [0.05, 0.1) is 0 Å². The van der Waals surface area contributed by atoms with Crippen LogP contribution in [0.25, 0.3) is 0 Å². The van der Waals surface area contributed by atoms with Crippen molar-refractivity contribution in [1.29, 1.82) is 0 Å². The van der Waals surface area contributed by atoms with Crippen molar-refractivity contribution >= 4 is 23.2 Å². The number of carbonyl (C=O) groups is 2. The van der Waals surface area contributed by atoms with E-state index >= 15 is 0 Å². The lowest BCUT2D eigenvalue weighted by atomic mass is 10.2. The van der Waals surface area contributed by atoms with Gasteiger partial charge >= 0.3 is 0 Å².